The zero-order chi connectivity index (χ0) is 10.7. The van der Waals surface area contributed by atoms with E-state index in [9.17, 15) is 4.39 Å². The van der Waals surface area contributed by atoms with E-state index in [0.717, 1.165) is 0 Å². The molecule has 0 aliphatic carbocycles. The van der Waals surface area contributed by atoms with Crippen molar-refractivity contribution in [2.75, 3.05) is 7.11 Å². The maximum atomic E-state index is 13.4. The molecule has 4 heteroatoms. The molecule has 1 atom stereocenters. The first kappa shape index (κ1) is 11.3. The summed E-state index contributed by atoms with van der Waals surface area (Å²) in [5.41, 5.74) is 6.04. The van der Waals surface area contributed by atoms with Gasteiger partial charge in [0.2, 0.25) is 0 Å². The van der Waals surface area contributed by atoms with Crippen LogP contribution in [0.1, 0.15) is 12.5 Å². The molecule has 14 heavy (non-hydrogen) atoms. The molecule has 0 aliphatic rings. The van der Waals surface area contributed by atoms with Crippen LogP contribution in [0.25, 0.3) is 0 Å². The molecule has 2 nitrogen and oxygen atoms in total. The van der Waals surface area contributed by atoms with Gasteiger partial charge in [-0.1, -0.05) is 11.6 Å². The maximum Gasteiger partial charge on any atom is 0.143 e. The van der Waals surface area contributed by atoms with E-state index in [1.165, 1.54) is 19.2 Å². The van der Waals surface area contributed by atoms with E-state index < -0.39 is 0 Å². The first-order valence-electron chi connectivity index (χ1n) is 4.32. The van der Waals surface area contributed by atoms with Gasteiger partial charge >= 0.3 is 0 Å². The molecule has 0 amide bonds. The van der Waals surface area contributed by atoms with Crippen molar-refractivity contribution in [1.29, 1.82) is 0 Å². The lowest BCUT2D eigenvalue weighted by molar-refractivity contribution is 0.403. The van der Waals surface area contributed by atoms with Crippen LogP contribution in [0, 0.1) is 5.82 Å². The van der Waals surface area contributed by atoms with Crippen LogP contribution in [0.3, 0.4) is 0 Å². The Labute approximate surface area is 87.8 Å². The van der Waals surface area contributed by atoms with Gasteiger partial charge in [0.15, 0.2) is 0 Å². The van der Waals surface area contributed by atoms with Crippen molar-refractivity contribution in [1.82, 2.24) is 0 Å². The lowest BCUT2D eigenvalue weighted by Crippen LogP contribution is -2.19. The third kappa shape index (κ3) is 2.36. The van der Waals surface area contributed by atoms with Gasteiger partial charge < -0.3 is 10.5 Å². The molecule has 78 valence electrons. The van der Waals surface area contributed by atoms with Crippen LogP contribution in [0.4, 0.5) is 4.39 Å². The molecule has 0 saturated carbocycles. The number of hydrogen-bond acceptors (Lipinski definition) is 2. The zero-order valence-electron chi connectivity index (χ0n) is 8.18. The average molecular weight is 218 g/mol. The molecule has 1 aromatic rings. The summed E-state index contributed by atoms with van der Waals surface area (Å²) in [5, 5.41) is 0.407. The molecule has 2 N–H and O–H groups in total. The maximum absolute atomic E-state index is 13.4. The number of rotatable bonds is 3. The number of methoxy groups -OCH3 is 1. The van der Waals surface area contributed by atoms with Gasteiger partial charge in [-0.3, -0.25) is 0 Å². The predicted octanol–water partition coefficient (Wildman–Crippen LogP) is 2.38. The van der Waals surface area contributed by atoms with Gasteiger partial charge in [0.25, 0.3) is 0 Å². The van der Waals surface area contributed by atoms with Crippen LogP contribution < -0.4 is 10.5 Å². The molecule has 1 rings (SSSR count). The first-order chi connectivity index (χ1) is 6.56. The summed E-state index contributed by atoms with van der Waals surface area (Å²) in [6, 6.07) is 2.67. The number of nitrogens with two attached hydrogens (primary N) is 1. The molecule has 0 aliphatic heterocycles. The Morgan fingerprint density at radius 3 is 2.71 bits per heavy atom. The quantitative estimate of drug-likeness (QED) is 0.844. The van der Waals surface area contributed by atoms with Gasteiger partial charge in [0.1, 0.15) is 11.6 Å². The summed E-state index contributed by atoms with van der Waals surface area (Å²) in [6.07, 6.45) is 0.412. The summed E-state index contributed by atoms with van der Waals surface area (Å²) >= 11 is 5.85. The topological polar surface area (TPSA) is 35.2 Å². The van der Waals surface area contributed by atoms with Crippen LogP contribution in [0.15, 0.2) is 12.1 Å². The molecule has 0 radical (unpaired) electrons. The summed E-state index contributed by atoms with van der Waals surface area (Å²) in [4.78, 5) is 0. The van der Waals surface area contributed by atoms with E-state index in [0.29, 0.717) is 22.8 Å². The van der Waals surface area contributed by atoms with Crippen LogP contribution in [0.2, 0.25) is 5.02 Å². The summed E-state index contributed by atoms with van der Waals surface area (Å²) in [6.45, 7) is 1.81. The molecular formula is C10H13ClFNO. The predicted molar refractivity (Wildman–Crippen MR) is 55.3 cm³/mol. The molecule has 0 spiro atoms. The fraction of sp³-hybridized carbons (Fsp3) is 0.400. The summed E-state index contributed by atoms with van der Waals surface area (Å²) in [7, 11) is 1.46. The minimum absolute atomic E-state index is 0.128. The standard InChI is InChI=1S/C10H13ClFNO/c1-6(13)5-7-9(12)4-3-8(11)10(7)14-2/h3-4,6H,5,13H2,1-2H3. The Morgan fingerprint density at radius 1 is 1.57 bits per heavy atom. The third-order valence-electron chi connectivity index (χ3n) is 1.89. The smallest absolute Gasteiger partial charge is 0.143 e. The normalized spacial score (nSPS) is 12.6. The highest BCUT2D eigenvalue weighted by atomic mass is 35.5. The monoisotopic (exact) mass is 217 g/mol. The minimum Gasteiger partial charge on any atom is -0.495 e. The van der Waals surface area contributed by atoms with Crippen molar-refractivity contribution in [3.05, 3.63) is 28.5 Å². The van der Waals surface area contributed by atoms with E-state index >= 15 is 0 Å². The van der Waals surface area contributed by atoms with Crippen molar-refractivity contribution in [2.24, 2.45) is 5.73 Å². The Bertz CT molecular complexity index is 328. The highest BCUT2D eigenvalue weighted by Crippen LogP contribution is 2.31. The molecule has 0 fully saturated rings. The van der Waals surface area contributed by atoms with Gasteiger partial charge in [-0.15, -0.1) is 0 Å². The third-order valence-corrected chi connectivity index (χ3v) is 2.18. The van der Waals surface area contributed by atoms with Crippen molar-refractivity contribution < 1.29 is 9.13 Å². The SMILES string of the molecule is COc1c(Cl)ccc(F)c1CC(C)N. The lowest BCUT2D eigenvalue weighted by atomic mass is 10.1. The largest absolute Gasteiger partial charge is 0.495 e. The molecule has 0 bridgehead atoms. The summed E-state index contributed by atoms with van der Waals surface area (Å²) in [5.74, 6) is 0.0486. The highest BCUT2D eigenvalue weighted by molar-refractivity contribution is 6.32. The van der Waals surface area contributed by atoms with E-state index in [-0.39, 0.29) is 11.9 Å². The molecule has 1 unspecified atom stereocenters. The number of halogens is 2. The zero-order valence-corrected chi connectivity index (χ0v) is 8.94. The van der Waals surface area contributed by atoms with Crippen molar-refractivity contribution in [2.45, 2.75) is 19.4 Å². The van der Waals surface area contributed by atoms with Crippen molar-refractivity contribution in [3.63, 3.8) is 0 Å². The fourth-order valence-electron chi connectivity index (χ4n) is 1.31. The Morgan fingerprint density at radius 2 is 2.21 bits per heavy atom. The van der Waals surface area contributed by atoms with E-state index in [1.807, 2.05) is 0 Å². The Hall–Kier alpha value is -0.800. The van der Waals surface area contributed by atoms with Crippen molar-refractivity contribution in [3.8, 4) is 5.75 Å². The Balaban J connectivity index is 3.16. The fourth-order valence-corrected chi connectivity index (χ4v) is 1.56. The van der Waals surface area contributed by atoms with Gasteiger partial charge in [0.05, 0.1) is 12.1 Å². The van der Waals surface area contributed by atoms with Crippen LogP contribution in [0.5, 0.6) is 5.75 Å². The molecule has 1 aromatic carbocycles. The van der Waals surface area contributed by atoms with Crippen LogP contribution in [-0.4, -0.2) is 13.2 Å². The second-order valence-corrected chi connectivity index (χ2v) is 3.63. The summed E-state index contributed by atoms with van der Waals surface area (Å²) < 4.78 is 18.4. The molecule has 0 saturated heterocycles. The van der Waals surface area contributed by atoms with Gasteiger partial charge in [-0.25, -0.2) is 4.39 Å². The molecule has 0 aromatic heterocycles. The molecular weight excluding hydrogens is 205 g/mol. The first-order valence-corrected chi connectivity index (χ1v) is 4.70. The Kier molecular flexibility index (Phi) is 3.72. The van der Waals surface area contributed by atoms with Gasteiger partial charge in [-0.05, 0) is 25.5 Å². The van der Waals surface area contributed by atoms with E-state index in [1.54, 1.807) is 6.92 Å². The van der Waals surface area contributed by atoms with Crippen LogP contribution in [-0.2, 0) is 6.42 Å². The van der Waals surface area contributed by atoms with Crippen molar-refractivity contribution >= 4 is 11.6 Å². The number of ether oxygens (including phenoxy) is 1. The number of benzene rings is 1. The number of hydrogen-bond donors (Lipinski definition) is 1. The minimum atomic E-state index is -0.330. The average Bonchev–Trinajstić information content (AvgIpc) is 2.11. The second-order valence-electron chi connectivity index (χ2n) is 3.22. The second kappa shape index (κ2) is 4.62. The highest BCUT2D eigenvalue weighted by Gasteiger charge is 2.14. The van der Waals surface area contributed by atoms with Crippen LogP contribution >= 0.6 is 11.6 Å². The molecule has 0 heterocycles. The lowest BCUT2D eigenvalue weighted by Gasteiger charge is -2.12. The van der Waals surface area contributed by atoms with E-state index in [2.05, 4.69) is 0 Å². The van der Waals surface area contributed by atoms with Gasteiger partial charge in [-0.2, -0.15) is 0 Å². The van der Waals surface area contributed by atoms with E-state index in [4.69, 9.17) is 22.1 Å². The van der Waals surface area contributed by atoms with Gasteiger partial charge in [0, 0.05) is 11.6 Å².